The van der Waals surface area contributed by atoms with Gasteiger partial charge in [0.25, 0.3) is 5.97 Å². The molecule has 0 bridgehead atoms. The van der Waals surface area contributed by atoms with Gasteiger partial charge in [-0.15, -0.1) is 0 Å². The molecule has 3 heteroatoms. The van der Waals surface area contributed by atoms with Crippen molar-refractivity contribution >= 4 is 0 Å². The third-order valence-electron chi connectivity index (χ3n) is 3.52. The third kappa shape index (κ3) is 8.06. The lowest BCUT2D eigenvalue weighted by atomic mass is 10.1. The number of hydrogen-bond acceptors (Lipinski definition) is 3. The van der Waals surface area contributed by atoms with Gasteiger partial charge in [0.15, 0.2) is 0 Å². The highest BCUT2D eigenvalue weighted by Gasteiger charge is 2.28. The molecular formula is C15H32O3. The van der Waals surface area contributed by atoms with Crippen molar-refractivity contribution in [1.29, 1.82) is 0 Å². The van der Waals surface area contributed by atoms with Crippen LogP contribution in [0.2, 0.25) is 0 Å². The van der Waals surface area contributed by atoms with Gasteiger partial charge in [0, 0.05) is 27.8 Å². The highest BCUT2D eigenvalue weighted by Crippen LogP contribution is 2.21. The van der Waals surface area contributed by atoms with E-state index in [1.54, 1.807) is 21.3 Å². The van der Waals surface area contributed by atoms with Crippen molar-refractivity contribution in [3.05, 3.63) is 0 Å². The van der Waals surface area contributed by atoms with Crippen LogP contribution in [-0.4, -0.2) is 27.3 Å². The predicted molar refractivity (Wildman–Crippen MR) is 75.6 cm³/mol. The second-order valence-corrected chi connectivity index (χ2v) is 4.87. The van der Waals surface area contributed by atoms with Gasteiger partial charge in [-0.3, -0.25) is 0 Å². The molecule has 0 aromatic carbocycles. The summed E-state index contributed by atoms with van der Waals surface area (Å²) in [4.78, 5) is 0. The summed E-state index contributed by atoms with van der Waals surface area (Å²) < 4.78 is 15.8. The number of hydrogen-bond donors (Lipinski definition) is 0. The Morgan fingerprint density at radius 1 is 0.611 bits per heavy atom. The molecule has 0 aliphatic carbocycles. The Bertz CT molecular complexity index is 159. The molecule has 0 fully saturated rings. The fourth-order valence-electron chi connectivity index (χ4n) is 2.21. The lowest BCUT2D eigenvalue weighted by Crippen LogP contribution is -2.35. The first-order chi connectivity index (χ1) is 8.74. The zero-order chi connectivity index (χ0) is 13.7. The Labute approximate surface area is 113 Å². The fourth-order valence-corrected chi connectivity index (χ4v) is 2.21. The molecule has 0 radical (unpaired) electrons. The standard InChI is InChI=1S/C15H32O3/c1-5-6-7-8-9-10-11-12-13-14-15(16-2,17-3)18-4/h5-14H2,1-4H3. The highest BCUT2D eigenvalue weighted by atomic mass is 16.9. The monoisotopic (exact) mass is 260 g/mol. The molecule has 0 atom stereocenters. The first kappa shape index (κ1) is 17.9. The van der Waals surface area contributed by atoms with Crippen LogP contribution in [0.5, 0.6) is 0 Å². The third-order valence-corrected chi connectivity index (χ3v) is 3.52. The van der Waals surface area contributed by atoms with Crippen LogP contribution < -0.4 is 0 Å². The molecule has 0 spiro atoms. The van der Waals surface area contributed by atoms with Gasteiger partial charge in [0.2, 0.25) is 0 Å². The van der Waals surface area contributed by atoms with Gasteiger partial charge < -0.3 is 14.2 Å². The summed E-state index contributed by atoms with van der Waals surface area (Å²) in [6.45, 7) is 2.26. The van der Waals surface area contributed by atoms with Crippen LogP contribution in [-0.2, 0) is 14.2 Å². The zero-order valence-corrected chi connectivity index (χ0v) is 12.8. The van der Waals surface area contributed by atoms with E-state index in [2.05, 4.69) is 6.92 Å². The maximum atomic E-state index is 5.26. The molecule has 0 saturated heterocycles. The minimum atomic E-state index is -0.832. The van der Waals surface area contributed by atoms with Gasteiger partial charge in [-0.05, 0) is 6.42 Å². The summed E-state index contributed by atoms with van der Waals surface area (Å²) in [5, 5.41) is 0. The maximum absolute atomic E-state index is 5.26. The van der Waals surface area contributed by atoms with Crippen LogP contribution in [0, 0.1) is 0 Å². The molecule has 110 valence electrons. The van der Waals surface area contributed by atoms with Crippen LogP contribution >= 0.6 is 0 Å². The van der Waals surface area contributed by atoms with Crippen LogP contribution in [0.1, 0.15) is 71.1 Å². The molecule has 0 aliphatic rings. The summed E-state index contributed by atoms with van der Waals surface area (Å²) in [7, 11) is 4.88. The van der Waals surface area contributed by atoms with E-state index in [0.29, 0.717) is 0 Å². The molecule has 0 saturated carbocycles. The maximum Gasteiger partial charge on any atom is 0.282 e. The average Bonchev–Trinajstić information content (AvgIpc) is 2.42. The largest absolute Gasteiger partial charge is 0.331 e. The quantitative estimate of drug-likeness (QED) is 0.360. The Morgan fingerprint density at radius 3 is 1.39 bits per heavy atom. The average molecular weight is 260 g/mol. The Kier molecular flexibility index (Phi) is 11.9. The molecule has 0 unspecified atom stereocenters. The molecular weight excluding hydrogens is 228 g/mol. The van der Waals surface area contributed by atoms with E-state index in [0.717, 1.165) is 12.8 Å². The molecule has 0 aliphatic heterocycles. The molecule has 0 amide bonds. The SMILES string of the molecule is CCCCCCCCCCCC(OC)(OC)OC. The van der Waals surface area contributed by atoms with Crippen LogP contribution in [0.3, 0.4) is 0 Å². The number of methoxy groups -OCH3 is 3. The Morgan fingerprint density at radius 2 is 1.00 bits per heavy atom. The highest BCUT2D eigenvalue weighted by molar-refractivity contribution is 4.56. The molecule has 18 heavy (non-hydrogen) atoms. The Balaban J connectivity index is 3.38. The van der Waals surface area contributed by atoms with E-state index >= 15 is 0 Å². The van der Waals surface area contributed by atoms with Crippen molar-refractivity contribution in [2.45, 2.75) is 77.1 Å². The molecule has 0 N–H and O–H groups in total. The minimum absolute atomic E-state index is 0.798. The first-order valence-corrected chi connectivity index (χ1v) is 7.40. The molecule has 3 nitrogen and oxygen atoms in total. The topological polar surface area (TPSA) is 27.7 Å². The number of unbranched alkanes of at least 4 members (excludes halogenated alkanes) is 8. The van der Waals surface area contributed by atoms with Crippen LogP contribution in [0.25, 0.3) is 0 Å². The summed E-state index contributed by atoms with van der Waals surface area (Å²) in [6, 6.07) is 0. The van der Waals surface area contributed by atoms with Crippen molar-refractivity contribution < 1.29 is 14.2 Å². The molecule has 0 aromatic rings. The van der Waals surface area contributed by atoms with Crippen LogP contribution in [0.4, 0.5) is 0 Å². The van der Waals surface area contributed by atoms with Gasteiger partial charge in [0.1, 0.15) is 0 Å². The minimum Gasteiger partial charge on any atom is -0.331 e. The van der Waals surface area contributed by atoms with E-state index in [1.165, 1.54) is 51.4 Å². The van der Waals surface area contributed by atoms with Crippen molar-refractivity contribution in [2.24, 2.45) is 0 Å². The predicted octanol–water partition coefficient (Wildman–Crippen LogP) is 4.50. The van der Waals surface area contributed by atoms with E-state index in [-0.39, 0.29) is 0 Å². The smallest absolute Gasteiger partial charge is 0.282 e. The fraction of sp³-hybridized carbons (Fsp3) is 1.00. The van der Waals surface area contributed by atoms with E-state index in [9.17, 15) is 0 Å². The van der Waals surface area contributed by atoms with Gasteiger partial charge in [-0.1, -0.05) is 58.3 Å². The van der Waals surface area contributed by atoms with Crippen molar-refractivity contribution in [3.63, 3.8) is 0 Å². The summed E-state index contributed by atoms with van der Waals surface area (Å²) in [5.41, 5.74) is 0. The molecule has 0 rings (SSSR count). The van der Waals surface area contributed by atoms with E-state index < -0.39 is 5.97 Å². The van der Waals surface area contributed by atoms with Crippen molar-refractivity contribution in [3.8, 4) is 0 Å². The second-order valence-electron chi connectivity index (χ2n) is 4.87. The lowest BCUT2D eigenvalue weighted by molar-refractivity contribution is -0.355. The lowest BCUT2D eigenvalue weighted by Gasteiger charge is -2.28. The second kappa shape index (κ2) is 11.9. The summed E-state index contributed by atoms with van der Waals surface area (Å²) >= 11 is 0. The van der Waals surface area contributed by atoms with Gasteiger partial charge in [-0.2, -0.15) is 0 Å². The normalized spacial score (nSPS) is 12.0. The Hall–Kier alpha value is -0.120. The van der Waals surface area contributed by atoms with Gasteiger partial charge in [-0.25, -0.2) is 0 Å². The van der Waals surface area contributed by atoms with Crippen molar-refractivity contribution in [1.82, 2.24) is 0 Å². The number of ether oxygens (including phenoxy) is 3. The van der Waals surface area contributed by atoms with E-state index in [4.69, 9.17) is 14.2 Å². The van der Waals surface area contributed by atoms with E-state index in [1.807, 2.05) is 0 Å². The molecule has 0 aromatic heterocycles. The van der Waals surface area contributed by atoms with Gasteiger partial charge in [0.05, 0.1) is 0 Å². The van der Waals surface area contributed by atoms with Gasteiger partial charge >= 0.3 is 0 Å². The zero-order valence-electron chi connectivity index (χ0n) is 12.8. The molecule has 0 heterocycles. The number of rotatable bonds is 13. The first-order valence-electron chi connectivity index (χ1n) is 7.40. The summed E-state index contributed by atoms with van der Waals surface area (Å²) in [5.74, 6) is -0.832. The summed E-state index contributed by atoms with van der Waals surface area (Å²) in [6.07, 6.45) is 12.7. The van der Waals surface area contributed by atoms with Crippen molar-refractivity contribution in [2.75, 3.05) is 21.3 Å². The van der Waals surface area contributed by atoms with Crippen LogP contribution in [0.15, 0.2) is 0 Å².